The van der Waals surface area contributed by atoms with Gasteiger partial charge in [-0.3, -0.25) is 14.6 Å². The molecule has 0 aliphatic carbocycles. The zero-order valence-corrected chi connectivity index (χ0v) is 23.7. The minimum absolute atomic E-state index is 0.00209. The summed E-state index contributed by atoms with van der Waals surface area (Å²) in [5.74, 6) is -0.349. The van der Waals surface area contributed by atoms with Crippen LogP contribution in [0.2, 0.25) is 0 Å². The second-order valence-electron chi connectivity index (χ2n) is 11.0. The van der Waals surface area contributed by atoms with Crippen LogP contribution < -0.4 is 4.72 Å². The van der Waals surface area contributed by atoms with Gasteiger partial charge < -0.3 is 9.64 Å². The highest BCUT2D eigenvalue weighted by atomic mass is 32.2. The molecule has 8 nitrogen and oxygen atoms in total. The van der Waals surface area contributed by atoms with Crippen molar-refractivity contribution in [1.82, 2.24) is 14.8 Å². The van der Waals surface area contributed by atoms with Gasteiger partial charge in [-0.05, 0) is 88.7 Å². The van der Waals surface area contributed by atoms with Gasteiger partial charge in [-0.25, -0.2) is 17.6 Å². The number of aromatic nitrogens is 1. The van der Waals surface area contributed by atoms with Crippen LogP contribution in [0.4, 0.5) is 14.9 Å². The number of hydrogen-bond donors (Lipinski definition) is 1. The summed E-state index contributed by atoms with van der Waals surface area (Å²) in [6.45, 7) is 11.7. The Morgan fingerprint density at radius 3 is 2.15 bits per heavy atom. The Labute approximate surface area is 229 Å². The summed E-state index contributed by atoms with van der Waals surface area (Å²) >= 11 is 0. The van der Waals surface area contributed by atoms with Gasteiger partial charge in [0.1, 0.15) is 16.3 Å². The number of hydrogen-bond acceptors (Lipinski definition) is 6. The molecular formula is C29H35FN4O4S. The lowest BCUT2D eigenvalue weighted by atomic mass is 10.1. The molecule has 0 spiro atoms. The first-order valence-corrected chi connectivity index (χ1v) is 14.4. The Balaban J connectivity index is 1.35. The molecule has 0 unspecified atom stereocenters. The summed E-state index contributed by atoms with van der Waals surface area (Å²) in [4.78, 5) is 21.0. The van der Waals surface area contributed by atoms with Crippen LogP contribution in [0.15, 0.2) is 71.8 Å². The quantitative estimate of drug-likeness (QED) is 0.432. The van der Waals surface area contributed by atoms with Crippen LogP contribution in [0.5, 0.6) is 0 Å². The molecule has 0 bridgehead atoms. The fourth-order valence-electron chi connectivity index (χ4n) is 4.72. The van der Waals surface area contributed by atoms with E-state index in [9.17, 15) is 17.6 Å². The van der Waals surface area contributed by atoms with Gasteiger partial charge in [-0.2, -0.15) is 0 Å². The monoisotopic (exact) mass is 554 g/mol. The van der Waals surface area contributed by atoms with E-state index in [2.05, 4.69) is 14.6 Å². The number of nitrogens with one attached hydrogen (secondary N) is 1. The molecule has 0 saturated carbocycles. The third kappa shape index (κ3) is 7.33. The van der Waals surface area contributed by atoms with Gasteiger partial charge >= 0.3 is 6.09 Å². The van der Waals surface area contributed by atoms with Gasteiger partial charge in [-0.1, -0.05) is 12.1 Å². The van der Waals surface area contributed by atoms with Crippen molar-refractivity contribution in [1.29, 1.82) is 0 Å². The molecule has 1 aliphatic heterocycles. The normalized spacial score (nSPS) is 18.6. The molecule has 1 aromatic heterocycles. The van der Waals surface area contributed by atoms with Gasteiger partial charge in [0.15, 0.2) is 0 Å². The topological polar surface area (TPSA) is 91.8 Å². The van der Waals surface area contributed by atoms with Gasteiger partial charge in [0.05, 0.1) is 5.69 Å². The van der Waals surface area contributed by atoms with Gasteiger partial charge in [0.25, 0.3) is 10.0 Å². The largest absolute Gasteiger partial charge is 0.444 e. The number of sulfonamides is 1. The van der Waals surface area contributed by atoms with Crippen LogP contribution in [0, 0.1) is 5.82 Å². The summed E-state index contributed by atoms with van der Waals surface area (Å²) in [7, 11) is -3.83. The fourth-order valence-corrected chi connectivity index (χ4v) is 5.72. The maximum atomic E-state index is 13.2. The minimum Gasteiger partial charge on any atom is -0.444 e. The fraction of sp³-hybridized carbons (Fsp3) is 0.379. The van der Waals surface area contributed by atoms with Crippen LogP contribution >= 0.6 is 0 Å². The minimum atomic E-state index is -3.83. The molecule has 1 aliphatic rings. The molecule has 10 heteroatoms. The number of piperazine rings is 1. The van der Waals surface area contributed by atoms with Crippen molar-refractivity contribution < 1.29 is 22.3 Å². The Morgan fingerprint density at radius 2 is 1.62 bits per heavy atom. The average molecular weight is 555 g/mol. The van der Waals surface area contributed by atoms with Gasteiger partial charge in [0, 0.05) is 49.2 Å². The van der Waals surface area contributed by atoms with Gasteiger partial charge in [-0.15, -0.1) is 0 Å². The molecular weight excluding hydrogens is 519 g/mol. The first-order chi connectivity index (χ1) is 18.3. The highest BCUT2D eigenvalue weighted by Crippen LogP contribution is 2.23. The van der Waals surface area contributed by atoms with E-state index in [0.717, 1.165) is 5.56 Å². The number of amides is 1. The molecule has 2 atom stereocenters. The number of benzene rings is 2. The molecule has 39 heavy (non-hydrogen) atoms. The number of halogens is 1. The molecule has 3 aromatic rings. The van der Waals surface area contributed by atoms with Crippen molar-refractivity contribution in [2.75, 3.05) is 17.8 Å². The van der Waals surface area contributed by atoms with E-state index in [1.807, 2.05) is 46.8 Å². The lowest BCUT2D eigenvalue weighted by molar-refractivity contribution is -0.0162. The Bertz CT molecular complexity index is 1380. The molecule has 0 radical (unpaired) electrons. The lowest BCUT2D eigenvalue weighted by Crippen LogP contribution is -2.59. The smallest absolute Gasteiger partial charge is 0.410 e. The summed E-state index contributed by atoms with van der Waals surface area (Å²) in [6, 6.07) is 16.2. The van der Waals surface area contributed by atoms with E-state index in [4.69, 9.17) is 4.74 Å². The highest BCUT2D eigenvalue weighted by molar-refractivity contribution is 7.92. The third-order valence-corrected chi connectivity index (χ3v) is 7.76. The van der Waals surface area contributed by atoms with Gasteiger partial charge in [0.2, 0.25) is 0 Å². The highest BCUT2D eigenvalue weighted by Gasteiger charge is 2.35. The van der Waals surface area contributed by atoms with Crippen LogP contribution in [-0.2, 0) is 21.3 Å². The van der Waals surface area contributed by atoms with E-state index >= 15 is 0 Å². The maximum Gasteiger partial charge on any atom is 0.410 e. The first-order valence-electron chi connectivity index (χ1n) is 12.9. The number of carbonyl (C=O) groups excluding carboxylic acids is 1. The number of anilines is 1. The predicted octanol–water partition coefficient (Wildman–Crippen LogP) is 5.52. The molecule has 1 amide bonds. The zero-order chi connectivity index (χ0) is 28.4. The van der Waals surface area contributed by atoms with E-state index < -0.39 is 15.6 Å². The van der Waals surface area contributed by atoms with Crippen molar-refractivity contribution in [3.8, 4) is 11.3 Å². The summed E-state index contributed by atoms with van der Waals surface area (Å²) < 4.78 is 47.1. The number of carbonyl (C=O) groups is 1. The van der Waals surface area contributed by atoms with Crippen molar-refractivity contribution in [2.45, 2.75) is 63.7 Å². The van der Waals surface area contributed by atoms with Crippen LogP contribution in [0.3, 0.4) is 0 Å². The SMILES string of the molecule is C[C@@H]1CN(Cc2ccc(NS(=O)(=O)c3ccc(-c4ccc(F)cc4)nc3)cc2)C[C@H](C)N1C(=O)OC(C)(C)C. The number of ether oxygens (including phenoxy) is 1. The van der Waals surface area contributed by atoms with Crippen molar-refractivity contribution in [3.05, 3.63) is 78.2 Å². The number of pyridine rings is 1. The van der Waals surface area contributed by atoms with Crippen LogP contribution in [0.25, 0.3) is 11.3 Å². The second kappa shape index (κ2) is 11.3. The second-order valence-corrected chi connectivity index (χ2v) is 12.7. The van der Waals surface area contributed by atoms with E-state index in [0.29, 0.717) is 36.6 Å². The molecule has 4 rings (SSSR count). The predicted molar refractivity (Wildman–Crippen MR) is 149 cm³/mol. The molecule has 1 fully saturated rings. The van der Waals surface area contributed by atoms with E-state index in [1.54, 1.807) is 35.2 Å². The van der Waals surface area contributed by atoms with Crippen molar-refractivity contribution in [3.63, 3.8) is 0 Å². The standard InChI is InChI=1S/C29H35FN4O4S/c1-20-17-33(18-21(2)34(20)28(35)38-29(3,4)5)19-22-6-12-25(13-7-22)32-39(36,37)26-14-15-27(31-16-26)23-8-10-24(30)11-9-23/h6-16,20-21,32H,17-19H2,1-5H3/t20-,21+. The number of rotatable bonds is 6. The summed E-state index contributed by atoms with van der Waals surface area (Å²) in [6.07, 6.45) is 0.994. The van der Waals surface area contributed by atoms with Crippen LogP contribution in [0.1, 0.15) is 40.2 Å². The molecule has 2 aromatic carbocycles. The van der Waals surface area contributed by atoms with E-state index in [-0.39, 0.29) is 28.9 Å². The number of nitrogens with zero attached hydrogens (tertiary/aromatic N) is 3. The summed E-state index contributed by atoms with van der Waals surface area (Å²) in [5.41, 5.74) is 2.18. The van der Waals surface area contributed by atoms with Crippen molar-refractivity contribution >= 4 is 21.8 Å². The zero-order valence-electron chi connectivity index (χ0n) is 22.9. The first kappa shape index (κ1) is 28.5. The van der Waals surface area contributed by atoms with E-state index in [1.165, 1.54) is 24.4 Å². The molecule has 208 valence electrons. The Morgan fingerprint density at radius 1 is 1.00 bits per heavy atom. The Hall–Kier alpha value is -3.50. The lowest BCUT2D eigenvalue weighted by Gasteiger charge is -2.44. The Kier molecular flexibility index (Phi) is 8.27. The average Bonchev–Trinajstić information content (AvgIpc) is 2.84. The molecule has 1 N–H and O–H groups in total. The summed E-state index contributed by atoms with van der Waals surface area (Å²) in [5, 5.41) is 0. The van der Waals surface area contributed by atoms with Crippen LogP contribution in [-0.4, -0.2) is 60.1 Å². The third-order valence-electron chi connectivity index (χ3n) is 6.40. The molecule has 1 saturated heterocycles. The van der Waals surface area contributed by atoms with Crippen molar-refractivity contribution in [2.24, 2.45) is 0 Å². The maximum absolute atomic E-state index is 13.2. The molecule has 2 heterocycles.